The lowest BCUT2D eigenvalue weighted by atomic mass is 10.1. The van der Waals surface area contributed by atoms with Crippen molar-refractivity contribution >= 4 is 34.3 Å². The van der Waals surface area contributed by atoms with Gasteiger partial charge in [-0.15, -0.1) is 0 Å². The standard InChI is InChI=1S/C17H15N3O2S/c1-12(21)14-5-2-6-15(8-14)19-17-20(16(22)11-23-17)10-13-4-3-7-18-9-13/h2-9H,10-11H2,1H3. The molecule has 1 aromatic heterocycles. The minimum absolute atomic E-state index is 0.00517. The number of aromatic nitrogens is 1. The number of pyridine rings is 1. The van der Waals surface area contributed by atoms with Gasteiger partial charge in [0, 0.05) is 18.0 Å². The molecule has 1 aromatic carbocycles. The third kappa shape index (κ3) is 3.65. The fraction of sp³-hybridized carbons (Fsp3) is 0.176. The number of aliphatic imine (C=N–C) groups is 1. The average molecular weight is 325 g/mol. The van der Waals surface area contributed by atoms with Crippen molar-refractivity contribution in [2.24, 2.45) is 4.99 Å². The third-order valence-electron chi connectivity index (χ3n) is 3.40. The first-order valence-electron chi connectivity index (χ1n) is 7.15. The molecule has 0 atom stereocenters. The van der Waals surface area contributed by atoms with E-state index in [0.29, 0.717) is 28.7 Å². The number of carbonyl (C=O) groups is 2. The molecule has 0 radical (unpaired) electrons. The van der Waals surface area contributed by atoms with Gasteiger partial charge in [-0.3, -0.25) is 19.5 Å². The monoisotopic (exact) mass is 325 g/mol. The summed E-state index contributed by atoms with van der Waals surface area (Å²) < 4.78 is 0. The highest BCUT2D eigenvalue weighted by atomic mass is 32.2. The minimum Gasteiger partial charge on any atom is -0.295 e. The smallest absolute Gasteiger partial charge is 0.239 e. The molecule has 1 fully saturated rings. The van der Waals surface area contributed by atoms with Crippen LogP contribution in [0.3, 0.4) is 0 Å². The first-order chi connectivity index (χ1) is 11.1. The number of amides is 1. The molecule has 6 heteroatoms. The maximum absolute atomic E-state index is 12.1. The van der Waals surface area contributed by atoms with Crippen LogP contribution >= 0.6 is 11.8 Å². The second-order valence-corrected chi connectivity index (χ2v) is 6.07. The average Bonchev–Trinajstić information content (AvgIpc) is 2.89. The largest absolute Gasteiger partial charge is 0.295 e. The zero-order chi connectivity index (χ0) is 16.2. The van der Waals surface area contributed by atoms with E-state index in [1.165, 1.54) is 18.7 Å². The van der Waals surface area contributed by atoms with Gasteiger partial charge in [-0.05, 0) is 30.7 Å². The van der Waals surface area contributed by atoms with E-state index in [4.69, 9.17) is 0 Å². The van der Waals surface area contributed by atoms with Crippen molar-refractivity contribution in [2.45, 2.75) is 13.5 Å². The van der Waals surface area contributed by atoms with Crippen LogP contribution in [0.5, 0.6) is 0 Å². The first kappa shape index (κ1) is 15.4. The summed E-state index contributed by atoms with van der Waals surface area (Å²) in [5, 5.41) is 0.652. The van der Waals surface area contributed by atoms with Crippen LogP contribution in [-0.2, 0) is 11.3 Å². The fourth-order valence-electron chi connectivity index (χ4n) is 2.22. The molecule has 5 nitrogen and oxygen atoms in total. The van der Waals surface area contributed by atoms with Crippen molar-refractivity contribution in [1.82, 2.24) is 9.88 Å². The van der Waals surface area contributed by atoms with Crippen molar-refractivity contribution in [3.63, 3.8) is 0 Å². The van der Waals surface area contributed by atoms with E-state index >= 15 is 0 Å². The van der Waals surface area contributed by atoms with Crippen molar-refractivity contribution in [1.29, 1.82) is 0 Å². The van der Waals surface area contributed by atoms with Crippen LogP contribution in [-0.4, -0.2) is 32.5 Å². The summed E-state index contributed by atoms with van der Waals surface area (Å²) in [4.78, 5) is 33.8. The molecule has 0 unspecified atom stereocenters. The second kappa shape index (κ2) is 6.75. The van der Waals surface area contributed by atoms with Gasteiger partial charge in [-0.2, -0.15) is 0 Å². The first-order valence-corrected chi connectivity index (χ1v) is 8.14. The lowest BCUT2D eigenvalue weighted by Gasteiger charge is -2.15. The Labute approximate surface area is 138 Å². The lowest BCUT2D eigenvalue weighted by molar-refractivity contribution is -0.124. The Morgan fingerprint density at radius 3 is 2.96 bits per heavy atom. The van der Waals surface area contributed by atoms with Crippen LogP contribution in [0.15, 0.2) is 53.8 Å². The van der Waals surface area contributed by atoms with Gasteiger partial charge < -0.3 is 0 Å². The van der Waals surface area contributed by atoms with Gasteiger partial charge >= 0.3 is 0 Å². The van der Waals surface area contributed by atoms with Gasteiger partial charge in [0.15, 0.2) is 11.0 Å². The Kier molecular flexibility index (Phi) is 4.52. The molecular formula is C17H15N3O2S. The quantitative estimate of drug-likeness (QED) is 0.811. The Morgan fingerprint density at radius 1 is 1.35 bits per heavy atom. The van der Waals surface area contributed by atoms with Crippen LogP contribution < -0.4 is 0 Å². The molecule has 0 spiro atoms. The van der Waals surface area contributed by atoms with Gasteiger partial charge in [0.1, 0.15) is 0 Å². The molecule has 1 saturated heterocycles. The van der Waals surface area contributed by atoms with Crippen LogP contribution in [0.2, 0.25) is 0 Å². The van der Waals surface area contributed by atoms with E-state index in [2.05, 4.69) is 9.98 Å². The van der Waals surface area contributed by atoms with Gasteiger partial charge in [-0.1, -0.05) is 30.0 Å². The molecule has 0 aliphatic carbocycles. The third-order valence-corrected chi connectivity index (χ3v) is 4.36. The number of hydrogen-bond donors (Lipinski definition) is 0. The summed E-state index contributed by atoms with van der Waals surface area (Å²) in [7, 11) is 0. The van der Waals surface area contributed by atoms with Crippen LogP contribution in [0.4, 0.5) is 5.69 Å². The number of benzene rings is 1. The predicted molar refractivity (Wildman–Crippen MR) is 90.8 cm³/mol. The van der Waals surface area contributed by atoms with Crippen molar-refractivity contribution < 1.29 is 9.59 Å². The summed E-state index contributed by atoms with van der Waals surface area (Å²) in [6.45, 7) is 1.97. The maximum Gasteiger partial charge on any atom is 0.239 e. The number of Topliss-reactive ketones (excluding diaryl/α,β-unsaturated/α-hetero) is 1. The highest BCUT2D eigenvalue weighted by Crippen LogP contribution is 2.25. The summed E-state index contributed by atoms with van der Waals surface area (Å²) in [6.07, 6.45) is 3.44. The fourth-order valence-corrected chi connectivity index (χ4v) is 3.12. The van der Waals surface area contributed by atoms with Crippen LogP contribution in [0.1, 0.15) is 22.8 Å². The van der Waals surface area contributed by atoms with E-state index in [9.17, 15) is 9.59 Å². The number of nitrogens with zero attached hydrogens (tertiary/aromatic N) is 3. The Bertz CT molecular complexity index is 774. The van der Waals surface area contributed by atoms with E-state index in [1.807, 2.05) is 18.2 Å². The molecular weight excluding hydrogens is 310 g/mol. The van der Waals surface area contributed by atoms with E-state index < -0.39 is 0 Å². The number of hydrogen-bond acceptors (Lipinski definition) is 5. The molecule has 0 saturated carbocycles. The second-order valence-electron chi connectivity index (χ2n) is 5.13. The SMILES string of the molecule is CC(=O)c1cccc(N=C2SCC(=O)N2Cc2cccnc2)c1. The maximum atomic E-state index is 12.1. The predicted octanol–water partition coefficient (Wildman–Crippen LogP) is 3.05. The van der Waals surface area contributed by atoms with Gasteiger partial charge in [0.2, 0.25) is 5.91 Å². The van der Waals surface area contributed by atoms with Crippen LogP contribution in [0, 0.1) is 0 Å². The molecule has 1 amide bonds. The van der Waals surface area contributed by atoms with Crippen LogP contribution in [0.25, 0.3) is 0 Å². The zero-order valence-electron chi connectivity index (χ0n) is 12.6. The number of carbonyl (C=O) groups excluding carboxylic acids is 2. The number of thioether (sulfide) groups is 1. The molecule has 1 aliphatic heterocycles. The van der Waals surface area contributed by atoms with E-state index in [1.54, 1.807) is 35.5 Å². The summed E-state index contributed by atoms with van der Waals surface area (Å²) in [6, 6.07) is 10.9. The van der Waals surface area contributed by atoms with Gasteiger partial charge in [0.05, 0.1) is 18.0 Å². The van der Waals surface area contributed by atoms with Crippen molar-refractivity contribution in [3.05, 3.63) is 59.9 Å². The molecule has 2 heterocycles. The number of ketones is 1. The molecule has 116 valence electrons. The van der Waals surface area contributed by atoms with Crippen molar-refractivity contribution in [3.8, 4) is 0 Å². The summed E-state index contributed by atoms with van der Waals surface area (Å²) in [5.74, 6) is 0.403. The highest BCUT2D eigenvalue weighted by Gasteiger charge is 2.28. The lowest BCUT2D eigenvalue weighted by Crippen LogP contribution is -2.28. The molecule has 3 rings (SSSR count). The van der Waals surface area contributed by atoms with Crippen molar-refractivity contribution in [2.75, 3.05) is 5.75 Å². The Hall–Kier alpha value is -2.47. The Balaban J connectivity index is 1.86. The Morgan fingerprint density at radius 2 is 2.22 bits per heavy atom. The molecule has 0 bridgehead atoms. The number of rotatable bonds is 4. The number of amidine groups is 1. The topological polar surface area (TPSA) is 62.6 Å². The van der Waals surface area contributed by atoms with Gasteiger partial charge in [-0.25, -0.2) is 4.99 Å². The van der Waals surface area contributed by atoms with Gasteiger partial charge in [0.25, 0.3) is 0 Å². The highest BCUT2D eigenvalue weighted by molar-refractivity contribution is 8.15. The molecule has 0 N–H and O–H groups in total. The van der Waals surface area contributed by atoms with E-state index in [0.717, 1.165) is 5.56 Å². The normalized spacial score (nSPS) is 16.1. The summed E-state index contributed by atoms with van der Waals surface area (Å²) >= 11 is 1.41. The van der Waals surface area contributed by atoms with E-state index in [-0.39, 0.29) is 11.7 Å². The molecule has 23 heavy (non-hydrogen) atoms. The minimum atomic E-state index is -0.00517. The molecule has 2 aromatic rings. The zero-order valence-corrected chi connectivity index (χ0v) is 13.4. The molecule has 1 aliphatic rings. The summed E-state index contributed by atoms with van der Waals surface area (Å²) in [5.41, 5.74) is 2.24.